The summed E-state index contributed by atoms with van der Waals surface area (Å²) in [5.74, 6) is 0. The third-order valence-corrected chi connectivity index (χ3v) is 10.6. The molecule has 0 unspecified atom stereocenters. The first-order valence-electron chi connectivity index (χ1n) is 8.13. The van der Waals surface area contributed by atoms with Gasteiger partial charge in [0.05, 0.1) is 0 Å². The number of rotatable bonds is 12. The van der Waals surface area contributed by atoms with E-state index in [2.05, 4.69) is 13.2 Å². The Kier molecular flexibility index (Phi) is 9.00. The summed E-state index contributed by atoms with van der Waals surface area (Å²) in [7, 11) is 0. The topological polar surface area (TPSA) is 36.9 Å². The summed E-state index contributed by atoms with van der Waals surface area (Å²) < 4.78 is 24.0. The van der Waals surface area contributed by atoms with Crippen LogP contribution in [0.5, 0.6) is 0 Å². The third kappa shape index (κ3) is 7.18. The minimum absolute atomic E-state index is 0.322. The molecule has 0 fully saturated rings. The Morgan fingerprint density at radius 2 is 1.04 bits per heavy atom. The summed E-state index contributed by atoms with van der Waals surface area (Å²) >= 11 is -4.37. The minimum atomic E-state index is -4.37. The zero-order chi connectivity index (χ0) is 17.8. The second kappa shape index (κ2) is 11.3. The molecule has 2 aromatic carbocycles. The van der Waals surface area contributed by atoms with Crippen molar-refractivity contribution in [2.75, 3.05) is 13.2 Å². The Hall–Kier alpha value is -1.37. The van der Waals surface area contributed by atoms with Crippen LogP contribution < -0.4 is 0 Å². The van der Waals surface area contributed by atoms with E-state index < -0.39 is 21.7 Å². The van der Waals surface area contributed by atoms with Gasteiger partial charge >= 0.3 is 157 Å². The van der Waals surface area contributed by atoms with Gasteiger partial charge in [0.15, 0.2) is 0 Å². The molecule has 2 rings (SSSR count). The van der Waals surface area contributed by atoms with Crippen LogP contribution in [0, 0.1) is 0 Å². The van der Waals surface area contributed by atoms with Crippen molar-refractivity contribution in [1.82, 2.24) is 0 Å². The Balaban J connectivity index is 2.10. The van der Waals surface area contributed by atoms with Crippen LogP contribution in [0.1, 0.15) is 11.1 Å². The van der Waals surface area contributed by atoms with E-state index in [4.69, 9.17) is 11.4 Å². The maximum absolute atomic E-state index is 6.10. The molecule has 0 N–H and O–H groups in total. The Bertz CT molecular complexity index is 573. The molecule has 0 aliphatic heterocycles. The molecule has 0 saturated carbocycles. The van der Waals surface area contributed by atoms with Crippen molar-refractivity contribution in [3.8, 4) is 0 Å². The first kappa shape index (κ1) is 19.9. The van der Waals surface area contributed by atoms with Crippen molar-refractivity contribution in [1.29, 1.82) is 0 Å². The summed E-state index contributed by atoms with van der Waals surface area (Å²) in [6.45, 7) is 8.81. The molecular weight excluding hydrogens is 483 g/mol. The van der Waals surface area contributed by atoms with Crippen molar-refractivity contribution < 1.29 is 33.1 Å². The van der Waals surface area contributed by atoms with Gasteiger partial charge < -0.3 is 0 Å². The first-order chi connectivity index (χ1) is 12.3. The van der Waals surface area contributed by atoms with Crippen LogP contribution in [0.3, 0.4) is 0 Å². The van der Waals surface area contributed by atoms with Gasteiger partial charge in [-0.25, -0.2) is 0 Å². The standard InChI is InChI=1S/2C7H7O.2C3H5O.Hf/c2*8-6-7-4-2-1-3-5-7;2*1-2-3-4;/h2*1-5H,6H2;2*2H,1,3H2;/q4*-1;+4. The second-order valence-electron chi connectivity index (χ2n) is 5.25. The molecule has 5 heteroatoms. The average Bonchev–Trinajstić information content (AvgIpc) is 2.68. The molecule has 0 aliphatic carbocycles. The second-order valence-corrected chi connectivity index (χ2v) is 13.0. The SMILES string of the molecule is C=CC[O][Hf]([O]CC=C)([O]Cc1ccccc1)[O]Cc1ccccc1. The molecule has 0 spiro atoms. The van der Waals surface area contributed by atoms with E-state index in [1.165, 1.54) is 0 Å². The predicted octanol–water partition coefficient (Wildman–Crippen LogP) is 4.64. The Labute approximate surface area is 156 Å². The van der Waals surface area contributed by atoms with E-state index in [0.717, 1.165) is 11.1 Å². The normalized spacial score (nSPS) is 11.2. The zero-order valence-corrected chi connectivity index (χ0v) is 17.9. The van der Waals surface area contributed by atoms with Crippen LogP contribution in [-0.2, 0) is 46.3 Å². The van der Waals surface area contributed by atoms with Gasteiger partial charge in [-0.15, -0.1) is 0 Å². The molecule has 132 valence electrons. The van der Waals surface area contributed by atoms with Crippen LogP contribution in [0.2, 0.25) is 0 Å². The zero-order valence-electron chi connectivity index (χ0n) is 14.3. The summed E-state index contributed by atoms with van der Waals surface area (Å²) in [5.41, 5.74) is 2.08. The molecule has 0 aliphatic rings. The van der Waals surface area contributed by atoms with Crippen molar-refractivity contribution in [2.45, 2.75) is 13.2 Å². The van der Waals surface area contributed by atoms with Crippen LogP contribution in [0.15, 0.2) is 86.0 Å². The molecule has 25 heavy (non-hydrogen) atoms. The third-order valence-electron chi connectivity index (χ3n) is 3.27. The molecule has 0 saturated heterocycles. The molecule has 0 atom stereocenters. The van der Waals surface area contributed by atoms with Gasteiger partial charge in [0, 0.05) is 0 Å². The molecule has 0 aromatic heterocycles. The molecule has 0 amide bonds. The van der Waals surface area contributed by atoms with Crippen LogP contribution in [-0.4, -0.2) is 13.2 Å². The molecule has 0 heterocycles. The summed E-state index contributed by atoms with van der Waals surface area (Å²) in [5, 5.41) is 0. The van der Waals surface area contributed by atoms with Crippen LogP contribution >= 0.6 is 0 Å². The fourth-order valence-electron chi connectivity index (χ4n) is 2.06. The predicted molar refractivity (Wildman–Crippen MR) is 94.8 cm³/mol. The molecule has 2 aromatic rings. The Morgan fingerprint density at radius 1 is 0.640 bits per heavy atom. The number of hydrogen-bond donors (Lipinski definition) is 0. The number of hydrogen-bond acceptors (Lipinski definition) is 4. The number of benzene rings is 2. The molecular formula is C20H24HfO4. The van der Waals surface area contributed by atoms with Crippen molar-refractivity contribution in [2.24, 2.45) is 0 Å². The van der Waals surface area contributed by atoms with E-state index in [1.807, 2.05) is 60.7 Å². The molecule has 0 bridgehead atoms. The quantitative estimate of drug-likeness (QED) is 0.310. The van der Waals surface area contributed by atoms with Crippen LogP contribution in [0.4, 0.5) is 0 Å². The monoisotopic (exact) mass is 508 g/mol. The maximum atomic E-state index is 6.10. The van der Waals surface area contributed by atoms with Gasteiger partial charge in [-0.05, 0) is 0 Å². The van der Waals surface area contributed by atoms with Gasteiger partial charge in [0.2, 0.25) is 0 Å². The molecule has 0 radical (unpaired) electrons. The van der Waals surface area contributed by atoms with E-state index in [-0.39, 0.29) is 0 Å². The van der Waals surface area contributed by atoms with Gasteiger partial charge in [-0.2, -0.15) is 0 Å². The van der Waals surface area contributed by atoms with Crippen LogP contribution in [0.25, 0.3) is 0 Å². The molecule has 4 nitrogen and oxygen atoms in total. The summed E-state index contributed by atoms with van der Waals surface area (Å²) in [6.07, 6.45) is 3.34. The van der Waals surface area contributed by atoms with Gasteiger partial charge in [-0.3, -0.25) is 0 Å². The van der Waals surface area contributed by atoms with E-state index in [1.54, 1.807) is 12.2 Å². The fraction of sp³-hybridized carbons (Fsp3) is 0.200. The van der Waals surface area contributed by atoms with Crippen molar-refractivity contribution in [3.05, 3.63) is 97.1 Å². The first-order valence-corrected chi connectivity index (χ1v) is 14.0. The van der Waals surface area contributed by atoms with Crippen molar-refractivity contribution >= 4 is 0 Å². The Morgan fingerprint density at radius 3 is 1.40 bits per heavy atom. The van der Waals surface area contributed by atoms with E-state index >= 15 is 0 Å². The summed E-state index contributed by atoms with van der Waals surface area (Å²) in [4.78, 5) is 0. The van der Waals surface area contributed by atoms with E-state index in [9.17, 15) is 0 Å². The summed E-state index contributed by atoms with van der Waals surface area (Å²) in [6, 6.07) is 19.8. The average molecular weight is 507 g/mol. The van der Waals surface area contributed by atoms with E-state index in [0.29, 0.717) is 26.4 Å². The van der Waals surface area contributed by atoms with Gasteiger partial charge in [0.1, 0.15) is 0 Å². The van der Waals surface area contributed by atoms with Gasteiger partial charge in [0.25, 0.3) is 0 Å². The fourth-order valence-corrected chi connectivity index (χ4v) is 8.64. The van der Waals surface area contributed by atoms with Gasteiger partial charge in [-0.1, -0.05) is 0 Å². The van der Waals surface area contributed by atoms with Crippen molar-refractivity contribution in [3.63, 3.8) is 0 Å².